The first-order valence-electron chi connectivity index (χ1n) is 6.45. The Morgan fingerprint density at radius 2 is 2.26 bits per heavy atom. The van der Waals surface area contributed by atoms with Crippen molar-refractivity contribution in [1.29, 1.82) is 0 Å². The van der Waals surface area contributed by atoms with Gasteiger partial charge in [0.1, 0.15) is 0 Å². The normalized spacial score (nSPS) is 19.1. The quantitative estimate of drug-likeness (QED) is 0.828. The van der Waals surface area contributed by atoms with Crippen molar-refractivity contribution in [3.8, 4) is 0 Å². The number of hydrogen-bond acceptors (Lipinski definition) is 4. The van der Waals surface area contributed by atoms with Gasteiger partial charge < -0.3 is 9.47 Å². The number of hydrogen-bond donors (Lipinski definition) is 1. The smallest absolute Gasteiger partial charge is 0.275 e. The average Bonchev–Trinajstić information content (AvgIpc) is 2.47. The Bertz CT molecular complexity index is 416. The van der Waals surface area contributed by atoms with Crippen molar-refractivity contribution in [2.75, 3.05) is 13.7 Å². The van der Waals surface area contributed by atoms with E-state index in [0.717, 1.165) is 24.8 Å². The molecule has 1 heterocycles. The summed E-state index contributed by atoms with van der Waals surface area (Å²) < 4.78 is 10.4. The van der Waals surface area contributed by atoms with E-state index in [1.54, 1.807) is 13.2 Å². The zero-order valence-electron chi connectivity index (χ0n) is 11.1. The van der Waals surface area contributed by atoms with Gasteiger partial charge in [0.2, 0.25) is 0 Å². The van der Waals surface area contributed by atoms with E-state index in [1.807, 2.05) is 18.2 Å². The van der Waals surface area contributed by atoms with E-state index in [4.69, 9.17) is 14.3 Å². The van der Waals surface area contributed by atoms with Crippen molar-refractivity contribution >= 4 is 5.91 Å². The summed E-state index contributed by atoms with van der Waals surface area (Å²) in [7, 11) is 1.60. The third-order valence-electron chi connectivity index (χ3n) is 2.98. The Morgan fingerprint density at radius 1 is 1.42 bits per heavy atom. The van der Waals surface area contributed by atoms with Crippen LogP contribution in [0.2, 0.25) is 0 Å². The van der Waals surface area contributed by atoms with E-state index in [9.17, 15) is 4.79 Å². The van der Waals surface area contributed by atoms with Gasteiger partial charge in [-0.1, -0.05) is 18.2 Å². The van der Waals surface area contributed by atoms with Crippen LogP contribution in [0.3, 0.4) is 0 Å². The molecule has 1 aliphatic heterocycles. The van der Waals surface area contributed by atoms with Gasteiger partial charge in [-0.3, -0.25) is 4.79 Å². The number of ether oxygens (including phenoxy) is 2. The molecule has 1 aliphatic rings. The molecule has 104 valence electrons. The molecule has 0 bridgehead atoms. The van der Waals surface area contributed by atoms with Gasteiger partial charge in [0.05, 0.1) is 6.61 Å². The van der Waals surface area contributed by atoms with Crippen LogP contribution in [0.5, 0.6) is 0 Å². The third kappa shape index (κ3) is 4.02. The van der Waals surface area contributed by atoms with Gasteiger partial charge in [-0.15, -0.1) is 0 Å². The Balaban J connectivity index is 1.91. The number of amides is 1. The predicted octanol–water partition coefficient (Wildman–Crippen LogP) is 2.02. The van der Waals surface area contributed by atoms with Crippen molar-refractivity contribution in [2.45, 2.75) is 32.2 Å². The fraction of sp³-hybridized carbons (Fsp3) is 0.500. The first kappa shape index (κ1) is 14.0. The van der Waals surface area contributed by atoms with Gasteiger partial charge in [0.25, 0.3) is 5.91 Å². The molecule has 0 saturated carbocycles. The van der Waals surface area contributed by atoms with Gasteiger partial charge in [-0.05, 0) is 24.5 Å². The topological polar surface area (TPSA) is 56.8 Å². The Morgan fingerprint density at radius 3 is 3.00 bits per heavy atom. The molecule has 5 nitrogen and oxygen atoms in total. The lowest BCUT2D eigenvalue weighted by Gasteiger charge is -2.22. The Kier molecular flexibility index (Phi) is 5.32. The highest BCUT2D eigenvalue weighted by atomic mass is 16.8. The minimum absolute atomic E-state index is 0.276. The fourth-order valence-corrected chi connectivity index (χ4v) is 2.00. The summed E-state index contributed by atoms with van der Waals surface area (Å²) in [5.74, 6) is -0.276. The van der Waals surface area contributed by atoms with E-state index in [2.05, 4.69) is 5.48 Å². The number of hydroxylamine groups is 1. The summed E-state index contributed by atoms with van der Waals surface area (Å²) in [4.78, 5) is 17.3. The number of benzene rings is 1. The van der Waals surface area contributed by atoms with E-state index < -0.39 is 0 Å². The van der Waals surface area contributed by atoms with Gasteiger partial charge in [0, 0.05) is 25.7 Å². The molecular formula is C14H19NO4. The van der Waals surface area contributed by atoms with Crippen molar-refractivity contribution < 1.29 is 19.1 Å². The summed E-state index contributed by atoms with van der Waals surface area (Å²) in [6, 6.07) is 7.28. The molecule has 0 aliphatic carbocycles. The number of carbonyl (C=O) groups is 1. The molecule has 19 heavy (non-hydrogen) atoms. The Hall–Kier alpha value is -1.43. The van der Waals surface area contributed by atoms with Crippen molar-refractivity contribution in [3.63, 3.8) is 0 Å². The maximum absolute atomic E-state index is 12.0. The van der Waals surface area contributed by atoms with Crippen molar-refractivity contribution in [1.82, 2.24) is 5.48 Å². The molecule has 0 spiro atoms. The lowest BCUT2D eigenvalue weighted by atomic mass is 10.1. The molecule has 1 aromatic rings. The first-order chi connectivity index (χ1) is 9.31. The van der Waals surface area contributed by atoms with Crippen LogP contribution in [0, 0.1) is 0 Å². The number of methoxy groups -OCH3 is 1. The molecule has 1 amide bonds. The fourth-order valence-electron chi connectivity index (χ4n) is 2.00. The van der Waals surface area contributed by atoms with Crippen LogP contribution in [0.4, 0.5) is 0 Å². The molecule has 0 aromatic heterocycles. The maximum atomic E-state index is 12.0. The minimum Gasteiger partial charge on any atom is -0.380 e. The summed E-state index contributed by atoms with van der Waals surface area (Å²) in [5, 5.41) is 0. The molecule has 1 atom stereocenters. The molecule has 0 unspecified atom stereocenters. The van der Waals surface area contributed by atoms with Crippen LogP contribution in [-0.4, -0.2) is 25.9 Å². The monoisotopic (exact) mass is 265 g/mol. The zero-order valence-corrected chi connectivity index (χ0v) is 11.1. The number of carbonyl (C=O) groups excluding carboxylic acids is 1. The molecule has 0 radical (unpaired) electrons. The average molecular weight is 265 g/mol. The van der Waals surface area contributed by atoms with Crippen LogP contribution < -0.4 is 5.48 Å². The highest BCUT2D eigenvalue weighted by Gasteiger charge is 2.17. The van der Waals surface area contributed by atoms with Crippen LogP contribution in [0.1, 0.15) is 35.2 Å². The van der Waals surface area contributed by atoms with Crippen LogP contribution >= 0.6 is 0 Å². The first-order valence-corrected chi connectivity index (χ1v) is 6.45. The maximum Gasteiger partial charge on any atom is 0.275 e. The SMILES string of the molecule is COCc1ccccc1C(=O)NO[C@@H]1CCCCO1. The van der Waals surface area contributed by atoms with Crippen molar-refractivity contribution in [2.24, 2.45) is 0 Å². The lowest BCUT2D eigenvalue weighted by Crippen LogP contribution is -2.33. The standard InChI is InChI=1S/C14H19NO4/c1-17-10-11-6-2-3-7-12(11)14(16)15-19-13-8-4-5-9-18-13/h2-3,6-7,13H,4-5,8-10H2,1H3,(H,15,16)/t13-/m1/s1. The number of nitrogens with one attached hydrogen (secondary N) is 1. The molecule has 1 fully saturated rings. The zero-order chi connectivity index (χ0) is 13.5. The van der Waals surface area contributed by atoms with Gasteiger partial charge in [0.15, 0.2) is 6.29 Å². The molecule has 1 aromatic carbocycles. The molecule has 1 saturated heterocycles. The second-order valence-electron chi connectivity index (χ2n) is 4.44. The number of rotatable bonds is 5. The second-order valence-corrected chi connectivity index (χ2v) is 4.44. The van der Waals surface area contributed by atoms with Gasteiger partial charge in [-0.25, -0.2) is 10.3 Å². The minimum atomic E-state index is -0.340. The predicted molar refractivity (Wildman–Crippen MR) is 69.3 cm³/mol. The summed E-state index contributed by atoms with van der Waals surface area (Å²) in [6.45, 7) is 1.07. The van der Waals surface area contributed by atoms with E-state index in [1.165, 1.54) is 0 Å². The van der Waals surface area contributed by atoms with Crippen molar-refractivity contribution in [3.05, 3.63) is 35.4 Å². The molecule has 1 N–H and O–H groups in total. The second kappa shape index (κ2) is 7.23. The highest BCUT2D eigenvalue weighted by Crippen LogP contribution is 2.14. The van der Waals surface area contributed by atoms with Crippen LogP contribution in [-0.2, 0) is 20.9 Å². The highest BCUT2D eigenvalue weighted by molar-refractivity contribution is 5.94. The third-order valence-corrected chi connectivity index (χ3v) is 2.98. The van der Waals surface area contributed by atoms with E-state index in [-0.39, 0.29) is 12.2 Å². The van der Waals surface area contributed by atoms with Gasteiger partial charge in [-0.2, -0.15) is 0 Å². The largest absolute Gasteiger partial charge is 0.380 e. The summed E-state index contributed by atoms with van der Waals surface area (Å²) in [6.07, 6.45) is 2.57. The summed E-state index contributed by atoms with van der Waals surface area (Å²) >= 11 is 0. The Labute approximate surface area is 112 Å². The van der Waals surface area contributed by atoms with E-state index >= 15 is 0 Å². The van der Waals surface area contributed by atoms with Crippen LogP contribution in [0.15, 0.2) is 24.3 Å². The molecule has 5 heteroatoms. The van der Waals surface area contributed by atoms with Gasteiger partial charge >= 0.3 is 0 Å². The van der Waals surface area contributed by atoms with E-state index in [0.29, 0.717) is 18.8 Å². The molecular weight excluding hydrogens is 246 g/mol. The lowest BCUT2D eigenvalue weighted by molar-refractivity contribution is -0.186. The molecule has 2 rings (SSSR count). The summed E-state index contributed by atoms with van der Waals surface area (Å²) in [5.41, 5.74) is 3.83. The van der Waals surface area contributed by atoms with Crippen LogP contribution in [0.25, 0.3) is 0 Å².